The van der Waals surface area contributed by atoms with Crippen molar-refractivity contribution in [1.29, 1.82) is 0 Å². The Morgan fingerprint density at radius 3 is 2.17 bits per heavy atom. The van der Waals surface area contributed by atoms with E-state index in [9.17, 15) is 13.2 Å². The lowest BCUT2D eigenvalue weighted by atomic mass is 10.3. The third kappa shape index (κ3) is 9.24. The second-order valence-corrected chi connectivity index (χ2v) is 2.71. The van der Waals surface area contributed by atoms with Crippen molar-refractivity contribution >= 4 is 12.1 Å². The molecule has 0 spiro atoms. The van der Waals surface area contributed by atoms with Gasteiger partial charge in [-0.05, 0) is 24.3 Å². The number of halogens is 3. The van der Waals surface area contributed by atoms with E-state index in [2.05, 4.69) is 15.3 Å². The van der Waals surface area contributed by atoms with Crippen molar-refractivity contribution in [2.45, 2.75) is 6.36 Å². The highest BCUT2D eigenvalue weighted by Crippen LogP contribution is 2.18. The Morgan fingerprint density at radius 1 is 1.28 bits per heavy atom. The number of nitrogen functional groups attached to an aromatic ring is 1. The maximum Gasteiger partial charge on any atom is 0.525 e. The van der Waals surface area contributed by atoms with Crippen molar-refractivity contribution in [3.63, 3.8) is 0 Å². The first-order chi connectivity index (χ1) is 8.39. The third-order valence-corrected chi connectivity index (χ3v) is 1.40. The summed E-state index contributed by atoms with van der Waals surface area (Å²) in [6.07, 6.45) is -4.27. The van der Waals surface area contributed by atoms with Gasteiger partial charge in [0.15, 0.2) is 6.79 Å². The van der Waals surface area contributed by atoms with Crippen LogP contribution in [0, 0.1) is 0 Å². The van der Waals surface area contributed by atoms with Crippen molar-refractivity contribution in [1.82, 2.24) is 5.43 Å². The average molecular weight is 267 g/mol. The largest absolute Gasteiger partial charge is 0.525 e. The van der Waals surface area contributed by atoms with Gasteiger partial charge >= 0.3 is 6.36 Å². The second kappa shape index (κ2) is 8.14. The van der Waals surface area contributed by atoms with Crippen LogP contribution >= 0.6 is 0 Å². The van der Waals surface area contributed by atoms with Gasteiger partial charge in [-0.3, -0.25) is 15.0 Å². The van der Waals surface area contributed by atoms with E-state index in [1.54, 1.807) is 5.43 Å². The second-order valence-electron chi connectivity index (χ2n) is 2.71. The Morgan fingerprint density at radius 2 is 1.78 bits per heavy atom. The van der Waals surface area contributed by atoms with Gasteiger partial charge < -0.3 is 10.5 Å². The number of hydrogen-bond donors (Lipinski definition) is 3. The highest BCUT2D eigenvalue weighted by molar-refractivity contribution is 5.44. The van der Waals surface area contributed by atoms with E-state index in [1.807, 2.05) is 0 Å². The lowest BCUT2D eigenvalue weighted by Gasteiger charge is -2.08. The summed E-state index contributed by atoms with van der Waals surface area (Å²) in [6.45, 7) is -0.868. The highest BCUT2D eigenvalue weighted by atomic mass is 19.4. The van der Waals surface area contributed by atoms with Gasteiger partial charge in [0.05, 0.1) is 0 Å². The molecular formula is C9H12F3N3O3. The minimum atomic E-state index is -4.67. The first-order valence-electron chi connectivity index (χ1n) is 4.48. The zero-order valence-corrected chi connectivity index (χ0v) is 9.11. The van der Waals surface area contributed by atoms with Crippen molar-refractivity contribution < 1.29 is 27.4 Å². The molecule has 0 aliphatic carbocycles. The standard InChI is InChI=1S/C8H8F3NO2.CH4N2O/c9-8(10,11)14-5-13-7-3-1-6(12)2-4-7;2-3-1-4/h1-4H,5,12H2;1H,2H2,(H,3,4). The molecule has 0 saturated heterocycles. The summed E-state index contributed by atoms with van der Waals surface area (Å²) in [7, 11) is 0. The van der Waals surface area contributed by atoms with Gasteiger partial charge in [0, 0.05) is 5.69 Å². The van der Waals surface area contributed by atoms with Gasteiger partial charge in [0.1, 0.15) is 5.75 Å². The molecule has 1 aromatic rings. The van der Waals surface area contributed by atoms with Gasteiger partial charge in [-0.2, -0.15) is 0 Å². The molecule has 0 fully saturated rings. The number of alkyl halides is 3. The van der Waals surface area contributed by atoms with E-state index in [-0.39, 0.29) is 5.75 Å². The van der Waals surface area contributed by atoms with Crippen molar-refractivity contribution in [2.75, 3.05) is 12.5 Å². The van der Waals surface area contributed by atoms with E-state index in [0.29, 0.717) is 12.1 Å². The SMILES string of the molecule is NNC=O.Nc1ccc(OCOC(F)(F)F)cc1. The summed E-state index contributed by atoms with van der Waals surface area (Å²) in [4.78, 5) is 8.94. The van der Waals surface area contributed by atoms with Gasteiger partial charge in [-0.25, -0.2) is 5.84 Å². The fourth-order valence-corrected chi connectivity index (χ4v) is 0.728. The number of ether oxygens (including phenoxy) is 2. The number of nitrogens with one attached hydrogen (secondary N) is 1. The maximum atomic E-state index is 11.5. The Hall–Kier alpha value is -2.00. The molecule has 1 aromatic carbocycles. The van der Waals surface area contributed by atoms with E-state index in [1.165, 1.54) is 24.3 Å². The monoisotopic (exact) mass is 267 g/mol. The Labute approximate surface area is 101 Å². The molecule has 0 aliphatic rings. The lowest BCUT2D eigenvalue weighted by Crippen LogP contribution is -2.18. The van der Waals surface area contributed by atoms with Crippen LogP contribution in [0.1, 0.15) is 0 Å². The molecule has 6 nitrogen and oxygen atoms in total. The fourth-order valence-electron chi connectivity index (χ4n) is 0.728. The molecule has 0 heterocycles. The Kier molecular flexibility index (Phi) is 7.24. The van der Waals surface area contributed by atoms with Crippen LogP contribution in [-0.2, 0) is 9.53 Å². The number of anilines is 1. The number of rotatable bonds is 4. The maximum absolute atomic E-state index is 11.5. The normalized spacial score (nSPS) is 10.0. The van der Waals surface area contributed by atoms with Gasteiger partial charge in [0.2, 0.25) is 6.41 Å². The molecular weight excluding hydrogens is 255 g/mol. The fraction of sp³-hybridized carbons (Fsp3) is 0.222. The van der Waals surface area contributed by atoms with Gasteiger partial charge in [-0.1, -0.05) is 0 Å². The summed E-state index contributed by atoms with van der Waals surface area (Å²) < 4.78 is 42.6. The molecule has 5 N–H and O–H groups in total. The van der Waals surface area contributed by atoms with Crippen LogP contribution < -0.4 is 21.7 Å². The summed E-state index contributed by atoms with van der Waals surface area (Å²) in [5.41, 5.74) is 7.62. The number of carbonyl (C=O) groups is 1. The highest BCUT2D eigenvalue weighted by Gasteiger charge is 2.29. The van der Waals surface area contributed by atoms with Crippen LogP contribution in [0.15, 0.2) is 24.3 Å². The van der Waals surface area contributed by atoms with E-state index in [4.69, 9.17) is 10.5 Å². The topological polar surface area (TPSA) is 99.6 Å². The van der Waals surface area contributed by atoms with Crippen LogP contribution in [0.2, 0.25) is 0 Å². The van der Waals surface area contributed by atoms with Crippen LogP contribution in [0.5, 0.6) is 5.75 Å². The lowest BCUT2D eigenvalue weighted by molar-refractivity contribution is -0.341. The average Bonchev–Trinajstić information content (AvgIpc) is 2.30. The summed E-state index contributed by atoms with van der Waals surface area (Å²) in [5, 5.41) is 0. The molecule has 0 saturated carbocycles. The molecule has 18 heavy (non-hydrogen) atoms. The third-order valence-electron chi connectivity index (χ3n) is 1.40. The molecule has 0 aromatic heterocycles. The van der Waals surface area contributed by atoms with Crippen LogP contribution in [0.4, 0.5) is 18.9 Å². The van der Waals surface area contributed by atoms with Crippen LogP contribution in [0.25, 0.3) is 0 Å². The number of benzene rings is 1. The number of amides is 1. The van der Waals surface area contributed by atoms with Gasteiger partial charge in [0.25, 0.3) is 0 Å². The predicted molar refractivity (Wildman–Crippen MR) is 56.9 cm³/mol. The Balaban J connectivity index is 0.000000631. The molecule has 0 bridgehead atoms. The quantitative estimate of drug-likeness (QED) is 0.187. The first-order valence-corrected chi connectivity index (χ1v) is 4.48. The predicted octanol–water partition coefficient (Wildman–Crippen LogP) is 0.748. The number of carbonyl (C=O) groups excluding carboxylic acids is 1. The first kappa shape index (κ1) is 16.0. The van der Waals surface area contributed by atoms with Gasteiger partial charge in [-0.15, -0.1) is 13.2 Å². The van der Waals surface area contributed by atoms with Crippen molar-refractivity contribution in [3.05, 3.63) is 24.3 Å². The number of hydrazine groups is 1. The Bertz CT molecular complexity index is 343. The molecule has 0 atom stereocenters. The molecule has 0 aliphatic heterocycles. The zero-order chi connectivity index (χ0) is 14.0. The smallest absolute Gasteiger partial charge is 0.467 e. The molecule has 1 rings (SSSR count). The molecule has 0 unspecified atom stereocenters. The van der Waals surface area contributed by atoms with Crippen LogP contribution in [-0.4, -0.2) is 19.6 Å². The molecule has 9 heteroatoms. The summed E-state index contributed by atoms with van der Waals surface area (Å²) in [5.74, 6) is 4.68. The minimum Gasteiger partial charge on any atom is -0.467 e. The molecule has 0 radical (unpaired) electrons. The zero-order valence-electron chi connectivity index (χ0n) is 9.11. The number of nitrogens with two attached hydrogens (primary N) is 2. The minimum absolute atomic E-state index is 0.267. The number of hydrogen-bond acceptors (Lipinski definition) is 5. The van der Waals surface area contributed by atoms with Crippen molar-refractivity contribution in [3.8, 4) is 5.75 Å². The molecule has 1 amide bonds. The van der Waals surface area contributed by atoms with E-state index in [0.717, 1.165) is 0 Å². The van der Waals surface area contributed by atoms with E-state index < -0.39 is 13.2 Å². The summed E-state index contributed by atoms with van der Waals surface area (Å²) in [6, 6.07) is 5.94. The summed E-state index contributed by atoms with van der Waals surface area (Å²) >= 11 is 0. The van der Waals surface area contributed by atoms with Crippen LogP contribution in [0.3, 0.4) is 0 Å². The molecule has 102 valence electrons. The van der Waals surface area contributed by atoms with E-state index >= 15 is 0 Å². The van der Waals surface area contributed by atoms with Crippen molar-refractivity contribution in [2.24, 2.45) is 5.84 Å².